The second-order valence-electron chi connectivity index (χ2n) is 3.87. The topological polar surface area (TPSA) is 55.1 Å². The predicted octanol–water partition coefficient (Wildman–Crippen LogP) is 2.73. The Labute approximate surface area is 122 Å². The van der Waals surface area contributed by atoms with Gasteiger partial charge in [-0.25, -0.2) is 13.2 Å². The Bertz CT molecular complexity index is 723. The first-order valence-corrected chi connectivity index (χ1v) is 6.63. The molecule has 0 unspecified atom stereocenters. The van der Waals surface area contributed by atoms with E-state index in [2.05, 4.69) is 17.2 Å². The fourth-order valence-electron chi connectivity index (χ4n) is 1.56. The van der Waals surface area contributed by atoms with Crippen LogP contribution in [0.25, 0.3) is 0 Å². The lowest BCUT2D eigenvalue weighted by Gasteiger charge is -2.07. The summed E-state index contributed by atoms with van der Waals surface area (Å²) in [5.41, 5.74) is 4.95. The highest BCUT2D eigenvalue weighted by Gasteiger charge is 2.18. The van der Waals surface area contributed by atoms with E-state index >= 15 is 0 Å². The molecule has 0 bridgehead atoms. The number of hydrogen-bond donors (Lipinski definition) is 2. The third kappa shape index (κ3) is 3.42. The number of hydrogen-bond acceptors (Lipinski definition) is 3. The van der Waals surface area contributed by atoms with E-state index in [9.17, 15) is 18.0 Å². The zero-order valence-electron chi connectivity index (χ0n) is 10.5. The van der Waals surface area contributed by atoms with E-state index in [-0.39, 0.29) is 11.4 Å². The molecule has 3 N–H and O–H groups in total. The number of rotatable bonds is 2. The van der Waals surface area contributed by atoms with E-state index in [1.165, 1.54) is 0 Å². The van der Waals surface area contributed by atoms with Crippen LogP contribution in [-0.4, -0.2) is 12.5 Å². The molecular formula is C14H9F3N2OS. The zero-order chi connectivity index (χ0) is 15.4. The first kappa shape index (κ1) is 15.1. The lowest BCUT2D eigenvalue weighted by atomic mass is 10.2. The Morgan fingerprint density at radius 1 is 1.29 bits per heavy atom. The Morgan fingerprint density at radius 2 is 1.95 bits per heavy atom. The molecule has 0 saturated heterocycles. The second-order valence-corrected chi connectivity index (χ2v) is 4.78. The van der Waals surface area contributed by atoms with Gasteiger partial charge in [0.1, 0.15) is 16.4 Å². The van der Waals surface area contributed by atoms with Crippen LogP contribution in [0.15, 0.2) is 23.6 Å². The largest absolute Gasteiger partial charge is 0.320 e. The van der Waals surface area contributed by atoms with Crippen LogP contribution in [0.5, 0.6) is 0 Å². The molecule has 0 spiro atoms. The van der Waals surface area contributed by atoms with E-state index < -0.39 is 29.0 Å². The predicted molar refractivity (Wildman–Crippen MR) is 74.5 cm³/mol. The van der Waals surface area contributed by atoms with Gasteiger partial charge in [0.15, 0.2) is 11.6 Å². The molecule has 108 valence electrons. The maximum atomic E-state index is 13.5. The van der Waals surface area contributed by atoms with Crippen LogP contribution in [0, 0.1) is 29.3 Å². The van der Waals surface area contributed by atoms with Crippen LogP contribution >= 0.6 is 11.3 Å². The molecule has 0 fully saturated rings. The molecule has 1 aromatic carbocycles. The van der Waals surface area contributed by atoms with Crippen LogP contribution in [0.3, 0.4) is 0 Å². The van der Waals surface area contributed by atoms with Gasteiger partial charge >= 0.3 is 0 Å². The summed E-state index contributed by atoms with van der Waals surface area (Å²) in [5.74, 6) is 1.11. The summed E-state index contributed by atoms with van der Waals surface area (Å²) >= 11 is 1.07. The van der Waals surface area contributed by atoms with Gasteiger partial charge in [0.05, 0.1) is 6.54 Å². The summed E-state index contributed by atoms with van der Waals surface area (Å²) in [6.07, 6.45) is 0. The third-order valence-electron chi connectivity index (χ3n) is 2.44. The molecule has 0 saturated carbocycles. The summed E-state index contributed by atoms with van der Waals surface area (Å²) in [4.78, 5) is 12.2. The van der Waals surface area contributed by atoms with Gasteiger partial charge in [-0.2, -0.15) is 0 Å². The van der Waals surface area contributed by atoms with Crippen LogP contribution in [0.1, 0.15) is 15.2 Å². The van der Waals surface area contributed by atoms with Crippen molar-refractivity contribution in [3.63, 3.8) is 0 Å². The molecule has 7 heteroatoms. The van der Waals surface area contributed by atoms with Gasteiger partial charge in [-0.3, -0.25) is 4.79 Å². The number of halogens is 3. The minimum absolute atomic E-state index is 0.123. The van der Waals surface area contributed by atoms with Crippen LogP contribution < -0.4 is 11.1 Å². The molecule has 0 radical (unpaired) electrons. The Balaban J connectivity index is 2.29. The minimum Gasteiger partial charge on any atom is -0.320 e. The van der Waals surface area contributed by atoms with Gasteiger partial charge in [0.2, 0.25) is 0 Å². The average Bonchev–Trinajstić information content (AvgIpc) is 2.88. The quantitative estimate of drug-likeness (QED) is 0.838. The van der Waals surface area contributed by atoms with Crippen LogP contribution in [-0.2, 0) is 0 Å². The fraction of sp³-hybridized carbons (Fsp3) is 0.0714. The first-order chi connectivity index (χ1) is 10.0. The lowest BCUT2D eigenvalue weighted by molar-refractivity contribution is 0.102. The van der Waals surface area contributed by atoms with Gasteiger partial charge in [-0.1, -0.05) is 11.8 Å². The fourth-order valence-corrected chi connectivity index (χ4v) is 2.31. The van der Waals surface area contributed by atoms with Crippen molar-refractivity contribution in [3.05, 3.63) is 51.5 Å². The van der Waals surface area contributed by atoms with Crippen molar-refractivity contribution < 1.29 is 18.0 Å². The standard InChI is InChI=1S/C14H9F3N2OS/c15-9-6-10(16)12(11(17)7-9)19-14(20)13-8(2-1-4-18)3-5-21-13/h3,5-7H,4,18H2,(H,19,20). The number of nitrogens with two attached hydrogens (primary N) is 1. The van der Waals surface area contributed by atoms with E-state index in [0.29, 0.717) is 17.7 Å². The second kappa shape index (κ2) is 6.43. The molecule has 21 heavy (non-hydrogen) atoms. The normalized spacial score (nSPS) is 9.90. The van der Waals surface area contributed by atoms with Gasteiger partial charge in [-0.15, -0.1) is 11.3 Å². The number of amides is 1. The highest BCUT2D eigenvalue weighted by atomic mass is 32.1. The number of thiophene rings is 1. The number of carbonyl (C=O) groups is 1. The molecule has 2 rings (SSSR count). The molecule has 3 nitrogen and oxygen atoms in total. The zero-order valence-corrected chi connectivity index (χ0v) is 11.4. The average molecular weight is 310 g/mol. The summed E-state index contributed by atoms with van der Waals surface area (Å²) < 4.78 is 39.8. The summed E-state index contributed by atoms with van der Waals surface area (Å²) in [5, 5.41) is 3.70. The van der Waals surface area contributed by atoms with Crippen molar-refractivity contribution in [2.24, 2.45) is 5.73 Å². The van der Waals surface area contributed by atoms with E-state index in [1.807, 2.05) is 0 Å². The molecule has 1 aromatic heterocycles. The molecular weight excluding hydrogens is 301 g/mol. The lowest BCUT2D eigenvalue weighted by Crippen LogP contribution is -2.14. The van der Waals surface area contributed by atoms with Crippen LogP contribution in [0.2, 0.25) is 0 Å². The summed E-state index contributed by atoms with van der Waals surface area (Å²) in [6.45, 7) is 0.123. The number of carbonyl (C=O) groups excluding carboxylic acids is 1. The number of anilines is 1. The minimum atomic E-state index is -1.19. The van der Waals surface area contributed by atoms with Gasteiger partial charge in [0.25, 0.3) is 5.91 Å². The Hall–Kier alpha value is -2.30. The van der Waals surface area contributed by atoms with Gasteiger partial charge in [-0.05, 0) is 11.4 Å². The molecule has 0 aliphatic carbocycles. The van der Waals surface area contributed by atoms with Crippen molar-refractivity contribution in [1.82, 2.24) is 0 Å². The van der Waals surface area contributed by atoms with E-state index in [1.54, 1.807) is 11.4 Å². The maximum Gasteiger partial charge on any atom is 0.267 e. The van der Waals surface area contributed by atoms with Crippen molar-refractivity contribution in [2.45, 2.75) is 0 Å². The third-order valence-corrected chi connectivity index (χ3v) is 3.36. The molecule has 0 aliphatic heterocycles. The van der Waals surface area contributed by atoms with Crippen LogP contribution in [0.4, 0.5) is 18.9 Å². The van der Waals surface area contributed by atoms with Crippen molar-refractivity contribution >= 4 is 22.9 Å². The number of benzene rings is 1. The smallest absolute Gasteiger partial charge is 0.267 e. The monoisotopic (exact) mass is 310 g/mol. The maximum absolute atomic E-state index is 13.5. The molecule has 1 heterocycles. The van der Waals surface area contributed by atoms with E-state index in [0.717, 1.165) is 11.3 Å². The highest BCUT2D eigenvalue weighted by molar-refractivity contribution is 7.12. The number of nitrogens with one attached hydrogen (secondary N) is 1. The van der Waals surface area contributed by atoms with Crippen molar-refractivity contribution in [1.29, 1.82) is 0 Å². The molecule has 0 atom stereocenters. The Morgan fingerprint density at radius 3 is 2.57 bits per heavy atom. The first-order valence-electron chi connectivity index (χ1n) is 5.75. The molecule has 2 aromatic rings. The van der Waals surface area contributed by atoms with Gasteiger partial charge in [0, 0.05) is 17.7 Å². The van der Waals surface area contributed by atoms with Crippen molar-refractivity contribution in [3.8, 4) is 11.8 Å². The Kier molecular flexibility index (Phi) is 4.62. The summed E-state index contributed by atoms with van der Waals surface area (Å²) in [7, 11) is 0. The van der Waals surface area contributed by atoms with E-state index in [4.69, 9.17) is 5.73 Å². The molecule has 1 amide bonds. The SMILES string of the molecule is NCC#Cc1ccsc1C(=O)Nc1c(F)cc(F)cc1F. The van der Waals surface area contributed by atoms with Gasteiger partial charge < -0.3 is 11.1 Å². The highest BCUT2D eigenvalue weighted by Crippen LogP contribution is 2.23. The summed E-state index contributed by atoms with van der Waals surface area (Å²) in [6, 6.07) is 2.57. The van der Waals surface area contributed by atoms with Crippen molar-refractivity contribution in [2.75, 3.05) is 11.9 Å². The molecule has 0 aliphatic rings.